The highest BCUT2D eigenvalue weighted by Gasteiger charge is 2.61. The summed E-state index contributed by atoms with van der Waals surface area (Å²) in [6, 6.07) is 0. The first-order chi connectivity index (χ1) is 10.1. The normalized spacial score (nSPS) is 28.2. The number of hydrogen-bond donors (Lipinski definition) is 1. The van der Waals surface area contributed by atoms with Crippen LogP contribution in [0.5, 0.6) is 0 Å². The third-order valence-electron chi connectivity index (χ3n) is 4.19. The first kappa shape index (κ1) is 18.9. The fraction of sp³-hybridized carbons (Fsp3) is 0.786. The second-order valence-corrected chi connectivity index (χ2v) is 5.78. The molecule has 0 spiro atoms. The van der Waals surface area contributed by atoms with Gasteiger partial charge in [-0.1, -0.05) is 6.58 Å². The molecule has 8 heteroatoms. The van der Waals surface area contributed by atoms with Crippen LogP contribution in [0.1, 0.15) is 19.8 Å². The van der Waals surface area contributed by atoms with Crippen LogP contribution in [0.3, 0.4) is 0 Å². The minimum Gasteiger partial charge on any atom is -0.462 e. The lowest BCUT2D eigenvalue weighted by Crippen LogP contribution is -2.52. The van der Waals surface area contributed by atoms with Crippen molar-refractivity contribution in [2.45, 2.75) is 31.5 Å². The van der Waals surface area contributed by atoms with E-state index in [1.54, 1.807) is 0 Å². The third-order valence-corrected chi connectivity index (χ3v) is 4.19. The number of hydrogen-bond acceptors (Lipinski definition) is 3. The van der Waals surface area contributed by atoms with E-state index in [9.17, 15) is 31.9 Å². The molecular formula is C14H19F5O3. The molecule has 4 atom stereocenters. The summed E-state index contributed by atoms with van der Waals surface area (Å²) in [6.45, 7) is 1.56. The van der Waals surface area contributed by atoms with Crippen molar-refractivity contribution in [2.24, 2.45) is 17.8 Å². The molecule has 22 heavy (non-hydrogen) atoms. The standard InChI is InChI=1S/C14H19F5O3/c1-8(2)12(20)22-6-10-4-11(3-9(10)5-15)13(21,7-16)14(17,18)19/h9-11,21H,1,3-7H2,2H3. The summed E-state index contributed by atoms with van der Waals surface area (Å²) >= 11 is 0. The molecule has 1 aliphatic rings. The van der Waals surface area contributed by atoms with Gasteiger partial charge >= 0.3 is 12.1 Å². The van der Waals surface area contributed by atoms with Crippen LogP contribution < -0.4 is 0 Å². The molecule has 0 saturated heterocycles. The summed E-state index contributed by atoms with van der Waals surface area (Å²) in [5, 5.41) is 9.61. The summed E-state index contributed by atoms with van der Waals surface area (Å²) in [5.74, 6) is -3.70. The van der Waals surface area contributed by atoms with Crippen LogP contribution in [-0.4, -0.2) is 42.8 Å². The molecule has 128 valence electrons. The molecule has 1 aliphatic carbocycles. The monoisotopic (exact) mass is 330 g/mol. The highest BCUT2D eigenvalue weighted by Crippen LogP contribution is 2.48. The highest BCUT2D eigenvalue weighted by molar-refractivity contribution is 5.86. The second kappa shape index (κ2) is 6.93. The third kappa shape index (κ3) is 3.77. The summed E-state index contributed by atoms with van der Waals surface area (Å²) in [5.41, 5.74) is -3.38. The molecule has 0 aromatic rings. The number of carbonyl (C=O) groups excluding carboxylic acids is 1. The average Bonchev–Trinajstić information content (AvgIpc) is 2.85. The van der Waals surface area contributed by atoms with Gasteiger partial charge in [-0.05, 0) is 31.6 Å². The fourth-order valence-corrected chi connectivity index (χ4v) is 2.72. The summed E-state index contributed by atoms with van der Waals surface area (Å²) in [6.07, 6.45) is -5.72. The molecule has 0 aliphatic heterocycles. The van der Waals surface area contributed by atoms with E-state index in [0.717, 1.165) is 0 Å². The zero-order valence-electron chi connectivity index (χ0n) is 12.1. The molecule has 1 saturated carbocycles. The highest BCUT2D eigenvalue weighted by atomic mass is 19.4. The number of ether oxygens (including phenoxy) is 1. The van der Waals surface area contributed by atoms with Gasteiger partial charge in [-0.3, -0.25) is 4.39 Å². The Labute approximate surface area is 125 Å². The molecule has 1 fully saturated rings. The number of aliphatic hydroxyl groups is 1. The van der Waals surface area contributed by atoms with Crippen molar-refractivity contribution in [1.29, 1.82) is 0 Å². The van der Waals surface area contributed by atoms with Crippen molar-refractivity contribution in [1.82, 2.24) is 0 Å². The van der Waals surface area contributed by atoms with E-state index < -0.39 is 48.8 Å². The Hall–Kier alpha value is -1.18. The van der Waals surface area contributed by atoms with Gasteiger partial charge in [0, 0.05) is 11.5 Å². The summed E-state index contributed by atoms with van der Waals surface area (Å²) in [7, 11) is 0. The number of halogens is 5. The van der Waals surface area contributed by atoms with E-state index in [-0.39, 0.29) is 25.0 Å². The molecule has 0 radical (unpaired) electrons. The molecule has 0 amide bonds. The first-order valence-electron chi connectivity index (χ1n) is 6.80. The molecule has 0 bridgehead atoms. The van der Waals surface area contributed by atoms with Crippen molar-refractivity contribution >= 4 is 5.97 Å². The van der Waals surface area contributed by atoms with Gasteiger partial charge < -0.3 is 9.84 Å². The molecule has 3 nitrogen and oxygen atoms in total. The maximum atomic E-state index is 13.0. The number of esters is 1. The van der Waals surface area contributed by atoms with E-state index in [0.29, 0.717) is 0 Å². The Bertz CT molecular complexity index is 423. The van der Waals surface area contributed by atoms with Crippen LogP contribution in [0.4, 0.5) is 22.0 Å². The van der Waals surface area contributed by atoms with Crippen molar-refractivity contribution in [3.05, 3.63) is 12.2 Å². The van der Waals surface area contributed by atoms with Crippen molar-refractivity contribution in [2.75, 3.05) is 20.0 Å². The van der Waals surface area contributed by atoms with Crippen molar-refractivity contribution < 1.29 is 36.6 Å². The van der Waals surface area contributed by atoms with Gasteiger partial charge in [0.05, 0.1) is 13.3 Å². The lowest BCUT2D eigenvalue weighted by Gasteiger charge is -2.33. The van der Waals surface area contributed by atoms with Gasteiger partial charge in [-0.25, -0.2) is 9.18 Å². The van der Waals surface area contributed by atoms with Gasteiger partial charge in [-0.15, -0.1) is 0 Å². The average molecular weight is 330 g/mol. The van der Waals surface area contributed by atoms with Crippen LogP contribution in [0, 0.1) is 17.8 Å². The maximum Gasteiger partial charge on any atom is 0.420 e. The molecule has 0 aromatic carbocycles. The number of carbonyl (C=O) groups is 1. The van der Waals surface area contributed by atoms with Gasteiger partial charge in [-0.2, -0.15) is 13.2 Å². The summed E-state index contributed by atoms with van der Waals surface area (Å²) < 4.78 is 69.2. The Morgan fingerprint density at radius 3 is 2.23 bits per heavy atom. The predicted octanol–water partition coefficient (Wildman–Crippen LogP) is 2.98. The van der Waals surface area contributed by atoms with Crippen LogP contribution in [0.25, 0.3) is 0 Å². The van der Waals surface area contributed by atoms with E-state index in [1.807, 2.05) is 0 Å². The second-order valence-electron chi connectivity index (χ2n) is 5.78. The zero-order valence-corrected chi connectivity index (χ0v) is 12.1. The molecule has 1 N–H and O–H groups in total. The van der Waals surface area contributed by atoms with Gasteiger partial charge in [0.25, 0.3) is 0 Å². The quantitative estimate of drug-likeness (QED) is 0.463. The van der Waals surface area contributed by atoms with E-state index in [4.69, 9.17) is 4.74 Å². The van der Waals surface area contributed by atoms with Crippen LogP contribution >= 0.6 is 0 Å². The van der Waals surface area contributed by atoms with Gasteiger partial charge in [0.2, 0.25) is 0 Å². The number of alkyl halides is 5. The van der Waals surface area contributed by atoms with Crippen LogP contribution in [0.15, 0.2) is 12.2 Å². The van der Waals surface area contributed by atoms with Gasteiger partial charge in [0.1, 0.15) is 6.67 Å². The Morgan fingerprint density at radius 1 is 1.27 bits per heavy atom. The van der Waals surface area contributed by atoms with Gasteiger partial charge in [0.15, 0.2) is 5.60 Å². The largest absolute Gasteiger partial charge is 0.462 e. The summed E-state index contributed by atoms with van der Waals surface area (Å²) in [4.78, 5) is 11.3. The molecule has 1 rings (SSSR count). The predicted molar refractivity (Wildman–Crippen MR) is 68.4 cm³/mol. The smallest absolute Gasteiger partial charge is 0.420 e. The molecule has 4 unspecified atom stereocenters. The topological polar surface area (TPSA) is 46.5 Å². The zero-order chi connectivity index (χ0) is 17.1. The van der Waals surface area contributed by atoms with E-state index in [2.05, 4.69) is 6.58 Å². The maximum absolute atomic E-state index is 13.0. The van der Waals surface area contributed by atoms with Crippen molar-refractivity contribution in [3.63, 3.8) is 0 Å². The SMILES string of the molecule is C=C(C)C(=O)OCC1CC(C(O)(CF)C(F)(F)F)CC1CF. The lowest BCUT2D eigenvalue weighted by atomic mass is 9.85. The van der Waals surface area contributed by atoms with Crippen LogP contribution in [0.2, 0.25) is 0 Å². The molecule has 0 aromatic heterocycles. The van der Waals surface area contributed by atoms with E-state index >= 15 is 0 Å². The Morgan fingerprint density at radius 2 is 1.82 bits per heavy atom. The first-order valence-corrected chi connectivity index (χ1v) is 6.80. The Kier molecular flexibility index (Phi) is 5.95. The van der Waals surface area contributed by atoms with Crippen LogP contribution in [-0.2, 0) is 9.53 Å². The minimum atomic E-state index is -5.14. The van der Waals surface area contributed by atoms with E-state index in [1.165, 1.54) is 6.92 Å². The minimum absolute atomic E-state index is 0.113. The van der Waals surface area contributed by atoms with Crippen molar-refractivity contribution in [3.8, 4) is 0 Å². The molecular weight excluding hydrogens is 311 g/mol. The molecule has 0 heterocycles. The fourth-order valence-electron chi connectivity index (χ4n) is 2.72. The Balaban J connectivity index is 2.80. The lowest BCUT2D eigenvalue weighted by molar-refractivity contribution is -0.284. The number of rotatable bonds is 6.